The standard InChI is InChI=1S/C21H25BO3S/c1-20(2)21(3,4)25-22(24-20)17(15-26)14-16-10-12-19(13-11-16)23-18-8-6-5-7-9-18/h5-14,26H,15H2,1-4H3. The van der Waals surface area contributed by atoms with Crippen LogP contribution < -0.4 is 4.74 Å². The van der Waals surface area contributed by atoms with Gasteiger partial charge < -0.3 is 14.0 Å². The molecule has 0 amide bonds. The van der Waals surface area contributed by atoms with Crippen molar-refractivity contribution in [2.75, 3.05) is 5.75 Å². The molecule has 0 radical (unpaired) electrons. The zero-order chi connectivity index (χ0) is 18.8. The van der Waals surface area contributed by atoms with E-state index in [-0.39, 0.29) is 18.3 Å². The third kappa shape index (κ3) is 4.17. The van der Waals surface area contributed by atoms with Crippen LogP contribution in [0.1, 0.15) is 33.3 Å². The molecule has 0 bridgehead atoms. The van der Waals surface area contributed by atoms with Crippen LogP contribution in [0, 0.1) is 0 Å². The highest BCUT2D eigenvalue weighted by Gasteiger charge is 2.52. The molecular formula is C21H25BO3S. The summed E-state index contributed by atoms with van der Waals surface area (Å²) < 4.78 is 18.1. The van der Waals surface area contributed by atoms with E-state index in [0.29, 0.717) is 5.75 Å². The van der Waals surface area contributed by atoms with E-state index >= 15 is 0 Å². The van der Waals surface area contributed by atoms with Crippen LogP contribution >= 0.6 is 12.6 Å². The highest BCUT2D eigenvalue weighted by molar-refractivity contribution is 7.80. The van der Waals surface area contributed by atoms with Crippen molar-refractivity contribution in [1.29, 1.82) is 0 Å². The fraction of sp³-hybridized carbons (Fsp3) is 0.333. The molecule has 1 saturated heterocycles. The monoisotopic (exact) mass is 368 g/mol. The summed E-state index contributed by atoms with van der Waals surface area (Å²) in [5.41, 5.74) is 1.35. The highest BCUT2D eigenvalue weighted by Crippen LogP contribution is 2.39. The van der Waals surface area contributed by atoms with Crippen molar-refractivity contribution in [3.05, 3.63) is 65.6 Å². The molecule has 1 fully saturated rings. The van der Waals surface area contributed by atoms with Gasteiger partial charge in [0.05, 0.1) is 11.2 Å². The maximum absolute atomic E-state index is 6.13. The number of hydrogen-bond donors (Lipinski definition) is 1. The molecule has 3 nitrogen and oxygen atoms in total. The van der Waals surface area contributed by atoms with Gasteiger partial charge in [-0.25, -0.2) is 0 Å². The van der Waals surface area contributed by atoms with Crippen LogP contribution in [0.25, 0.3) is 6.08 Å². The highest BCUT2D eigenvalue weighted by atomic mass is 32.1. The van der Waals surface area contributed by atoms with Crippen molar-refractivity contribution in [2.45, 2.75) is 38.9 Å². The molecular weight excluding hydrogens is 343 g/mol. The second-order valence-electron chi connectivity index (χ2n) is 7.45. The first-order chi connectivity index (χ1) is 12.3. The maximum atomic E-state index is 6.13. The summed E-state index contributed by atoms with van der Waals surface area (Å²) >= 11 is 4.47. The minimum atomic E-state index is -0.377. The first-order valence-electron chi connectivity index (χ1n) is 8.81. The van der Waals surface area contributed by atoms with Crippen molar-refractivity contribution < 1.29 is 14.0 Å². The number of hydrogen-bond acceptors (Lipinski definition) is 4. The molecule has 0 atom stereocenters. The van der Waals surface area contributed by atoms with Crippen LogP contribution in [-0.4, -0.2) is 24.1 Å². The van der Waals surface area contributed by atoms with Crippen molar-refractivity contribution in [1.82, 2.24) is 0 Å². The van der Waals surface area contributed by atoms with E-state index in [0.717, 1.165) is 22.5 Å². The van der Waals surface area contributed by atoms with E-state index in [2.05, 4.69) is 46.4 Å². The molecule has 3 rings (SSSR count). The largest absolute Gasteiger partial charge is 0.491 e. The van der Waals surface area contributed by atoms with E-state index in [1.807, 2.05) is 54.6 Å². The normalized spacial score (nSPS) is 18.8. The maximum Gasteiger partial charge on any atom is 0.491 e. The van der Waals surface area contributed by atoms with Gasteiger partial charge in [-0.3, -0.25) is 0 Å². The summed E-state index contributed by atoms with van der Waals surface area (Å²) in [5, 5.41) is 0. The summed E-state index contributed by atoms with van der Waals surface area (Å²) in [6.45, 7) is 8.22. The molecule has 2 aromatic rings. The Balaban J connectivity index is 1.74. The fourth-order valence-electron chi connectivity index (χ4n) is 2.65. The first-order valence-corrected chi connectivity index (χ1v) is 9.44. The number of thiol groups is 1. The summed E-state index contributed by atoms with van der Waals surface area (Å²) in [7, 11) is -0.377. The van der Waals surface area contributed by atoms with Crippen LogP contribution in [0.5, 0.6) is 11.5 Å². The first kappa shape index (κ1) is 19.1. The predicted molar refractivity (Wildman–Crippen MR) is 111 cm³/mol. The van der Waals surface area contributed by atoms with Gasteiger partial charge >= 0.3 is 7.12 Å². The van der Waals surface area contributed by atoms with Gasteiger partial charge in [0.15, 0.2) is 0 Å². The summed E-state index contributed by atoms with van der Waals surface area (Å²) in [5.74, 6) is 2.19. The van der Waals surface area contributed by atoms with Gasteiger partial charge in [-0.1, -0.05) is 36.4 Å². The summed E-state index contributed by atoms with van der Waals surface area (Å²) in [6.07, 6.45) is 2.07. The zero-order valence-electron chi connectivity index (χ0n) is 15.7. The van der Waals surface area contributed by atoms with E-state index in [1.54, 1.807) is 0 Å². The van der Waals surface area contributed by atoms with Crippen molar-refractivity contribution >= 4 is 25.8 Å². The Morgan fingerprint density at radius 1 is 0.923 bits per heavy atom. The Labute approximate surface area is 161 Å². The van der Waals surface area contributed by atoms with Crippen LogP contribution in [-0.2, 0) is 9.31 Å². The third-order valence-corrected chi connectivity index (χ3v) is 5.31. The Hall–Kier alpha value is -1.69. The topological polar surface area (TPSA) is 27.7 Å². The average Bonchev–Trinajstić information content (AvgIpc) is 2.82. The van der Waals surface area contributed by atoms with Gasteiger partial charge in [0.25, 0.3) is 0 Å². The molecule has 1 aliphatic heterocycles. The Morgan fingerprint density at radius 2 is 1.46 bits per heavy atom. The van der Waals surface area contributed by atoms with E-state index in [1.165, 1.54) is 0 Å². The molecule has 0 unspecified atom stereocenters. The molecule has 0 spiro atoms. The van der Waals surface area contributed by atoms with E-state index in [4.69, 9.17) is 14.0 Å². The van der Waals surface area contributed by atoms with Gasteiger partial charge in [0, 0.05) is 5.75 Å². The lowest BCUT2D eigenvalue weighted by Gasteiger charge is -2.32. The molecule has 1 heterocycles. The smallest absolute Gasteiger partial charge is 0.457 e. The minimum Gasteiger partial charge on any atom is -0.457 e. The van der Waals surface area contributed by atoms with Crippen molar-refractivity contribution in [2.24, 2.45) is 0 Å². The SMILES string of the molecule is CC1(C)OB(C(=Cc2ccc(Oc3ccccc3)cc2)CS)OC1(C)C. The van der Waals surface area contributed by atoms with Crippen LogP contribution in [0.2, 0.25) is 0 Å². The fourth-order valence-corrected chi connectivity index (χ4v) is 2.89. The molecule has 26 heavy (non-hydrogen) atoms. The number of para-hydroxylation sites is 1. The van der Waals surface area contributed by atoms with Crippen LogP contribution in [0.4, 0.5) is 0 Å². The van der Waals surface area contributed by atoms with E-state index in [9.17, 15) is 0 Å². The summed E-state index contributed by atoms with van der Waals surface area (Å²) in [4.78, 5) is 0. The minimum absolute atomic E-state index is 0.354. The Morgan fingerprint density at radius 3 is 2.00 bits per heavy atom. The lowest BCUT2D eigenvalue weighted by atomic mass is 9.78. The molecule has 0 aromatic heterocycles. The van der Waals surface area contributed by atoms with Gasteiger partial charge in [-0.2, -0.15) is 12.6 Å². The lowest BCUT2D eigenvalue weighted by molar-refractivity contribution is 0.00578. The Bertz CT molecular complexity index is 754. The molecule has 2 aromatic carbocycles. The Kier molecular flexibility index (Phi) is 5.51. The van der Waals surface area contributed by atoms with Gasteiger partial charge in [0.1, 0.15) is 11.5 Å². The quantitative estimate of drug-likeness (QED) is 0.564. The predicted octanol–water partition coefficient (Wildman–Crippen LogP) is 5.42. The molecule has 0 saturated carbocycles. The third-order valence-electron chi connectivity index (χ3n) is 4.95. The average molecular weight is 368 g/mol. The zero-order valence-corrected chi connectivity index (χ0v) is 16.6. The molecule has 5 heteroatoms. The second kappa shape index (κ2) is 7.51. The van der Waals surface area contributed by atoms with Crippen molar-refractivity contribution in [3.63, 3.8) is 0 Å². The molecule has 1 aliphatic rings. The van der Waals surface area contributed by atoms with Gasteiger partial charge in [0.2, 0.25) is 0 Å². The molecule has 0 N–H and O–H groups in total. The van der Waals surface area contributed by atoms with Crippen LogP contribution in [0.15, 0.2) is 60.1 Å². The lowest BCUT2D eigenvalue weighted by Crippen LogP contribution is -2.41. The second-order valence-corrected chi connectivity index (χ2v) is 7.77. The van der Waals surface area contributed by atoms with E-state index < -0.39 is 0 Å². The van der Waals surface area contributed by atoms with Crippen LogP contribution in [0.3, 0.4) is 0 Å². The number of ether oxygens (including phenoxy) is 1. The molecule has 136 valence electrons. The number of benzene rings is 2. The number of rotatable bonds is 5. The van der Waals surface area contributed by atoms with Gasteiger partial charge in [-0.15, -0.1) is 0 Å². The summed E-state index contributed by atoms with van der Waals surface area (Å²) in [6, 6.07) is 17.7. The van der Waals surface area contributed by atoms with Gasteiger partial charge in [-0.05, 0) is 63.0 Å². The van der Waals surface area contributed by atoms with Crippen molar-refractivity contribution in [3.8, 4) is 11.5 Å². The molecule has 0 aliphatic carbocycles.